The fraction of sp³-hybridized carbons (Fsp3) is 0.357. The first-order valence-electron chi connectivity index (χ1n) is 40.2. The van der Waals surface area contributed by atoms with Crippen LogP contribution in [0.4, 0.5) is 10.5 Å². The van der Waals surface area contributed by atoms with Crippen molar-refractivity contribution in [2.24, 2.45) is 17.8 Å². The molecule has 0 spiro atoms. The summed E-state index contributed by atoms with van der Waals surface area (Å²) in [5.41, 5.74) is 1.43. The zero-order chi connectivity index (χ0) is 104. The summed E-state index contributed by atoms with van der Waals surface area (Å²) in [6.07, 6.45) is 7.57. The van der Waals surface area contributed by atoms with Gasteiger partial charge in [0.05, 0.1) is 124 Å². The summed E-state index contributed by atoms with van der Waals surface area (Å²) in [6, 6.07) is 36.2. The van der Waals surface area contributed by atoms with E-state index in [1.54, 1.807) is 57.2 Å². The van der Waals surface area contributed by atoms with Crippen LogP contribution in [0.1, 0.15) is 160 Å². The van der Waals surface area contributed by atoms with E-state index in [0.29, 0.717) is 9.26 Å². The lowest BCUT2D eigenvalue weighted by atomic mass is 9.89. The van der Waals surface area contributed by atoms with Gasteiger partial charge in [0.1, 0.15) is 103 Å². The van der Waals surface area contributed by atoms with Gasteiger partial charge in [0, 0.05) is 34.8 Å². The van der Waals surface area contributed by atoms with Crippen LogP contribution in [0.15, 0.2) is 140 Å². The highest BCUT2D eigenvalue weighted by Crippen LogP contribution is 2.33. The summed E-state index contributed by atoms with van der Waals surface area (Å²) in [4.78, 5) is 142. The molecule has 0 bridgehead atoms. The van der Waals surface area contributed by atoms with E-state index < -0.39 is 195 Å². The number of esters is 11. The Balaban J connectivity index is 0.000000349. The Morgan fingerprint density at radius 3 is 0.928 bits per heavy atom. The number of hydrogen-bond donors (Lipinski definition) is 1. The van der Waals surface area contributed by atoms with E-state index in [1.807, 2.05) is 166 Å². The van der Waals surface area contributed by atoms with E-state index in [2.05, 4.69) is 14.8 Å². The molecule has 1 N–H and O–H groups in total. The van der Waals surface area contributed by atoms with Crippen LogP contribution in [-0.4, -0.2) is 224 Å². The van der Waals surface area contributed by atoms with Crippen molar-refractivity contribution in [1.29, 1.82) is 0 Å². The monoisotopic (exact) mass is 2730 g/mol. The van der Waals surface area contributed by atoms with Crippen molar-refractivity contribution < 1.29 is 192 Å². The lowest BCUT2D eigenvalue weighted by Gasteiger charge is -2.20. The fourth-order valence-electron chi connectivity index (χ4n) is 10.7. The van der Waals surface area contributed by atoms with Crippen molar-refractivity contribution in [3.63, 3.8) is 0 Å². The zero-order valence-electron chi connectivity index (χ0n) is 73.1. The number of anilines is 1. The number of benzene rings is 7. The molecule has 2 aliphatic carbocycles. The molecule has 55 heteroatoms. The summed E-state index contributed by atoms with van der Waals surface area (Å²) in [5, 5.41) is 2.57. The van der Waals surface area contributed by atoms with E-state index in [-0.39, 0.29) is 105 Å². The number of amides is 1. The molecule has 0 radical (unpaired) electrons. The summed E-state index contributed by atoms with van der Waals surface area (Å²) >= 11 is 11.9. The average molecular weight is 2730 g/mol. The van der Waals surface area contributed by atoms with Crippen molar-refractivity contribution in [2.45, 2.75) is 98.5 Å². The first kappa shape index (κ1) is 123. The van der Waals surface area contributed by atoms with E-state index in [0.717, 1.165) is 81.2 Å². The maximum absolute atomic E-state index is 12.3. The molecule has 9 rings (SSSR count). The van der Waals surface area contributed by atoms with Crippen molar-refractivity contribution in [3.05, 3.63) is 200 Å². The molecule has 7 aromatic rings. The predicted molar refractivity (Wildman–Crippen MR) is 532 cm³/mol. The maximum atomic E-state index is 12.3. The standard InChI is InChI=1S/C17H16INO7S.C16H19IO7S.C15H17IO7S.C13H15IO7S.C12H13IO7S.C11H11IO7S/c18-14-10-13(16(20)25-8-9-27(22,23)24)6-7-15(14)19-17(21)26-11-12-4-2-1-3-5-12;17-12-6-7-13(16(19)23-8-9-25(20,21)22)14(10-12)24-15(18)11-4-2-1-3-5-11;16-11-5-6-12(15(18)22-7-8-24(19,20)21)13(9-11)23-14(17)10-3-1-2-4-10;1-8(2)12(15)21-11-7-9(14)3-4-10(11)13(16)20-5-6-22(17,18)19;1-2-11(14)20-10-7-8(13)3-4-9(10)12(15)19-5-6-21(16,17)18;1-7(13)19-10-6-8(12)2-3-9(10)11(14)18-4-5-20(15,16)17/h1-7,10H,8-9,11H2,(H,19,21)(H,22,23,24);6-7,10-11H,1-5,8-9H2,(H,20,21,22);5-6,9-10H,1-4,7-8H2,(H,19,20,21);3-4,7-8H,5-6H2,1-2H3,(H,17,18,19);3-4,7H,2,5-6H2,1H3,(H,16,17,18);2-3,6H,4-5H2,1H3,(H,15,16,17)/p-6. The minimum absolute atomic E-state index is 0.0133. The first-order valence-corrected chi connectivity index (χ1v) is 56.1. The number of ether oxygens (including phenoxy) is 12. The molecule has 0 aliphatic heterocycles. The highest BCUT2D eigenvalue weighted by molar-refractivity contribution is 14.1. The van der Waals surface area contributed by atoms with Gasteiger partial charge in [-0.2, -0.15) is 0 Å². The quantitative estimate of drug-likeness (QED) is 0.0125. The SMILES string of the molecule is CC(=O)Oc1cc(I)ccc1C(=O)OCCS(=O)(=O)[O-].CC(C)C(=O)Oc1cc(I)ccc1C(=O)OCCS(=O)(=O)[O-].CCC(=O)Oc1cc(I)ccc1C(=O)OCCS(=O)(=O)[O-].O=C(Nc1ccc(C(=O)OCCS(=O)(=O)[O-])cc1I)OCc1ccccc1.O=C(OCCS(=O)(=O)[O-])c1ccc(I)cc1OC(=O)C1CCCC1.O=C(OCCS(=O)(=O)[O-])c1ccc(I)cc1OC(=O)C1CCCCC1. The summed E-state index contributed by atoms with van der Waals surface area (Å²) in [6.45, 7) is 2.90. The van der Waals surface area contributed by atoms with Gasteiger partial charge in [-0.15, -0.1) is 0 Å². The van der Waals surface area contributed by atoms with Crippen molar-refractivity contribution >= 4 is 274 Å². The number of hydrogen-bond acceptors (Lipinski definition) is 42. The molecule has 0 saturated heterocycles. The Morgan fingerprint density at radius 1 is 0.353 bits per heavy atom. The Labute approximate surface area is 880 Å². The molecule has 7 aromatic carbocycles. The molecule has 0 aromatic heterocycles. The number of rotatable bonds is 36. The summed E-state index contributed by atoms with van der Waals surface area (Å²) in [7, 11) is -26.7. The van der Waals surface area contributed by atoms with Gasteiger partial charge in [-0.25, -0.2) is 84.1 Å². The van der Waals surface area contributed by atoms with Gasteiger partial charge in [0.25, 0.3) is 0 Å². The van der Waals surface area contributed by atoms with Gasteiger partial charge in [0.15, 0.2) is 0 Å². The summed E-state index contributed by atoms with van der Waals surface area (Å²) in [5.74, 6) is -12.8. The van der Waals surface area contributed by atoms with Crippen LogP contribution in [0.2, 0.25) is 0 Å². The van der Waals surface area contributed by atoms with Gasteiger partial charge in [-0.3, -0.25) is 29.3 Å². The Hall–Kier alpha value is -8.18. The highest BCUT2D eigenvalue weighted by Gasteiger charge is 2.30. The lowest BCUT2D eigenvalue weighted by molar-refractivity contribution is -0.140. The number of halogens is 6. The lowest BCUT2D eigenvalue weighted by Crippen LogP contribution is -2.24. The third kappa shape index (κ3) is 52.1. The number of carbonyl (C=O) groups is 12. The molecule has 2 saturated carbocycles. The van der Waals surface area contributed by atoms with E-state index in [4.69, 9.17) is 47.4 Å². The normalized spacial score (nSPS) is 12.6. The van der Waals surface area contributed by atoms with Gasteiger partial charge < -0.3 is 84.2 Å². The minimum Gasteiger partial charge on any atom is -0.748 e. The second-order valence-electron chi connectivity index (χ2n) is 28.6. The third-order valence-electron chi connectivity index (χ3n) is 17.4. The van der Waals surface area contributed by atoms with Crippen molar-refractivity contribution in [3.8, 4) is 28.7 Å². The molecular weight excluding hydrogens is 2650 g/mol. The average Bonchev–Trinajstić information content (AvgIpc) is 1.61. The zero-order valence-corrected chi connectivity index (χ0v) is 91.0. The molecule has 2 aliphatic rings. The van der Waals surface area contributed by atoms with E-state index >= 15 is 0 Å². The van der Waals surface area contributed by atoms with Crippen LogP contribution >= 0.6 is 136 Å². The largest absolute Gasteiger partial charge is 0.748 e. The first-order chi connectivity index (χ1) is 64.8. The van der Waals surface area contributed by atoms with Crippen LogP contribution in [0.25, 0.3) is 0 Å². The molecule has 762 valence electrons. The Kier molecular flexibility index (Phi) is 53.5. The van der Waals surface area contributed by atoms with Gasteiger partial charge >= 0.3 is 71.8 Å². The molecule has 1 amide bonds. The van der Waals surface area contributed by atoms with Crippen LogP contribution in [0, 0.1) is 39.2 Å². The smallest absolute Gasteiger partial charge is 0.411 e. The molecule has 139 heavy (non-hydrogen) atoms. The molecule has 2 fully saturated rings. The van der Waals surface area contributed by atoms with E-state index in [9.17, 15) is 135 Å². The van der Waals surface area contributed by atoms with Crippen molar-refractivity contribution in [2.75, 3.05) is 79.5 Å². The number of nitrogens with one attached hydrogen (secondary N) is 1. The highest BCUT2D eigenvalue weighted by atomic mass is 127. The van der Waals surface area contributed by atoms with Crippen LogP contribution < -0.4 is 29.0 Å². The number of carbonyl (C=O) groups excluding carboxylic acids is 12. The maximum Gasteiger partial charge on any atom is 0.411 e. The summed E-state index contributed by atoms with van der Waals surface area (Å²) < 4.78 is 252. The second-order valence-corrected chi connectivity index (χ2v) is 45.2. The molecule has 0 atom stereocenters. The van der Waals surface area contributed by atoms with Crippen LogP contribution in [0.5, 0.6) is 28.7 Å². The molecule has 0 heterocycles. The van der Waals surface area contributed by atoms with Gasteiger partial charge in [0.2, 0.25) is 0 Å². The van der Waals surface area contributed by atoms with Crippen LogP contribution in [-0.2, 0) is 124 Å². The minimum atomic E-state index is -4.47. The third-order valence-corrected chi connectivity index (χ3v) is 25.6. The molecule has 43 nitrogen and oxygen atoms in total. The molecular formula is C84H85I6NO42S6-6. The topological polar surface area (TPSA) is 671 Å². The van der Waals surface area contributed by atoms with Crippen molar-refractivity contribution in [1.82, 2.24) is 0 Å². The van der Waals surface area contributed by atoms with E-state index in [1.165, 1.54) is 79.7 Å². The molecule has 0 unspecified atom stereocenters. The predicted octanol–water partition coefficient (Wildman–Crippen LogP) is 11.1. The Bertz CT molecular complexity index is 6240. The van der Waals surface area contributed by atoms with Crippen LogP contribution in [0.3, 0.4) is 0 Å². The second kappa shape index (κ2) is 60.4. The van der Waals surface area contributed by atoms with Gasteiger partial charge in [-0.1, -0.05) is 83.2 Å². The fourth-order valence-corrected chi connectivity index (χ4v) is 15.4. The van der Waals surface area contributed by atoms with Gasteiger partial charge in [-0.05, 0) is 276 Å². The Morgan fingerprint density at radius 2 is 0.640 bits per heavy atom.